The number of carboxylic acids is 1. The second kappa shape index (κ2) is 24.6. The van der Waals surface area contributed by atoms with Crippen molar-refractivity contribution in [1.29, 1.82) is 0 Å². The minimum Gasteiger partial charge on any atom is -0.481 e. The van der Waals surface area contributed by atoms with E-state index in [-0.39, 0.29) is 48.7 Å². The summed E-state index contributed by atoms with van der Waals surface area (Å²) in [5, 5.41) is 22.6. The van der Waals surface area contributed by atoms with Gasteiger partial charge in [0.25, 0.3) is 5.97 Å². The van der Waals surface area contributed by atoms with Gasteiger partial charge in [0.2, 0.25) is 0 Å². The fourth-order valence-electron chi connectivity index (χ4n) is 1.74. The Morgan fingerprint density at radius 1 is 0.900 bits per heavy atom. The number of carboxylic acid groups (broad SMARTS) is 1. The fourth-order valence-corrected chi connectivity index (χ4v) is 1.74. The molecule has 3 N–H and O–H groups in total. The Hall–Kier alpha value is -0.627. The van der Waals surface area contributed by atoms with Crippen LogP contribution in [0.15, 0.2) is 48.5 Å². The largest absolute Gasteiger partial charge is 4.00 e. The van der Waals surface area contributed by atoms with E-state index >= 15 is 0 Å². The van der Waals surface area contributed by atoms with Gasteiger partial charge in [-0.1, -0.05) is 0 Å². The number of benzene rings is 2. The third kappa shape index (κ3) is 34.9. The van der Waals surface area contributed by atoms with Crippen molar-refractivity contribution in [2.45, 2.75) is 33.2 Å². The summed E-state index contributed by atoms with van der Waals surface area (Å²) in [5.41, 5.74) is 2.49. The Balaban J connectivity index is -0.000000160. The molecule has 0 aliphatic heterocycles. The van der Waals surface area contributed by atoms with E-state index in [4.69, 9.17) is 20.1 Å². The van der Waals surface area contributed by atoms with Crippen LogP contribution < -0.4 is 0 Å². The van der Waals surface area contributed by atoms with Crippen LogP contribution in [0.4, 0.5) is 0 Å². The van der Waals surface area contributed by atoms with Crippen LogP contribution >= 0.6 is 0 Å². The molecule has 0 atom stereocenters. The molecule has 0 aliphatic rings. The number of nitrogens with zero attached hydrogens (tertiary/aromatic N) is 2. The Morgan fingerprint density at radius 2 is 1.17 bits per heavy atom. The van der Waals surface area contributed by atoms with Gasteiger partial charge >= 0.3 is 21.1 Å². The molecule has 2 aromatic rings. The van der Waals surface area contributed by atoms with Crippen molar-refractivity contribution in [2.24, 2.45) is 0 Å². The van der Waals surface area contributed by atoms with E-state index in [1.807, 2.05) is 36.4 Å². The first-order chi connectivity index (χ1) is 13.0. The average Bonchev–Trinajstić information content (AvgIpc) is 2.55. The van der Waals surface area contributed by atoms with Gasteiger partial charge in [0, 0.05) is 47.7 Å². The van der Waals surface area contributed by atoms with Gasteiger partial charge in [-0.2, -0.15) is 60.7 Å². The maximum absolute atomic E-state index is 9.00. The van der Waals surface area contributed by atoms with Crippen molar-refractivity contribution in [2.75, 3.05) is 28.2 Å². The number of rotatable bonds is 4. The SMILES string of the molecule is CC(=O)O.CC(O)O.CN(C)Cc1[c-]cccc1.CN(C)Cc1[c-]cccc1.[Hg].[Pt+4]. The standard InChI is InChI=1S/2C9H12N.C2H6O2.C2H4O2.Hg.Pt/c2*1-10(2)8-9-6-4-3-5-7-9;2*1-2(3)4;;/h2*3-6H,8H2,1-2H3;2-4H,1H3;1H3,(H,3,4);;/q2*-1;;;;+4. The predicted octanol–water partition coefficient (Wildman–Crippen LogP) is 2.50. The van der Waals surface area contributed by atoms with E-state index in [0.717, 1.165) is 20.0 Å². The van der Waals surface area contributed by atoms with Crippen LogP contribution in [0.5, 0.6) is 0 Å². The van der Waals surface area contributed by atoms with E-state index in [1.165, 1.54) is 18.1 Å². The molecule has 0 aromatic heterocycles. The minimum absolute atomic E-state index is 0. The summed E-state index contributed by atoms with van der Waals surface area (Å²) in [7, 11) is 8.23. The predicted molar refractivity (Wildman–Crippen MR) is 113 cm³/mol. The normalized spacial score (nSPS) is 8.90. The zero-order chi connectivity index (χ0) is 21.9. The minimum atomic E-state index is -1.17. The molecular formula is C22H34HgN2O4Pt+2. The summed E-state index contributed by atoms with van der Waals surface area (Å²) in [5.74, 6) is -0.833. The first-order valence-corrected chi connectivity index (χ1v) is 8.80. The molecule has 2 rings (SSSR count). The molecule has 0 spiro atoms. The van der Waals surface area contributed by atoms with Crippen molar-refractivity contribution in [3.63, 3.8) is 0 Å². The van der Waals surface area contributed by atoms with E-state index in [0.29, 0.717) is 0 Å². The zero-order valence-electron chi connectivity index (χ0n) is 18.8. The van der Waals surface area contributed by atoms with Crippen LogP contribution in [0.2, 0.25) is 0 Å². The Bertz CT molecular complexity index is 548. The molecule has 0 aliphatic carbocycles. The van der Waals surface area contributed by atoms with E-state index < -0.39 is 12.3 Å². The summed E-state index contributed by atoms with van der Waals surface area (Å²) in [4.78, 5) is 13.3. The molecule has 2 aromatic carbocycles. The molecule has 0 radical (unpaired) electrons. The van der Waals surface area contributed by atoms with Gasteiger partial charge in [-0.05, 0) is 35.1 Å². The number of aliphatic carboxylic acids is 1. The molecule has 6 nitrogen and oxygen atoms in total. The number of carbonyl (C=O) groups is 1. The van der Waals surface area contributed by atoms with Crippen molar-refractivity contribution < 1.29 is 68.8 Å². The van der Waals surface area contributed by atoms with E-state index in [9.17, 15) is 0 Å². The summed E-state index contributed by atoms with van der Waals surface area (Å²) in [6.07, 6.45) is -1.17. The average molecular weight is 786 g/mol. The van der Waals surface area contributed by atoms with Gasteiger partial charge in [-0.15, -0.1) is 11.1 Å². The van der Waals surface area contributed by atoms with Gasteiger partial charge in [0.05, 0.1) is 0 Å². The Labute approximate surface area is 216 Å². The monoisotopic (exact) mass is 787 g/mol. The van der Waals surface area contributed by atoms with Crippen LogP contribution in [0.3, 0.4) is 0 Å². The molecule has 0 saturated heterocycles. The van der Waals surface area contributed by atoms with Crippen LogP contribution in [-0.2, 0) is 66.6 Å². The number of hydrogen-bond donors (Lipinski definition) is 3. The molecule has 0 bridgehead atoms. The summed E-state index contributed by atoms with van der Waals surface area (Å²) >= 11 is 0. The van der Waals surface area contributed by atoms with Crippen molar-refractivity contribution >= 4 is 5.97 Å². The van der Waals surface area contributed by atoms with Crippen molar-refractivity contribution in [1.82, 2.24) is 9.80 Å². The molecule has 30 heavy (non-hydrogen) atoms. The number of aliphatic hydroxyl groups is 2. The smallest absolute Gasteiger partial charge is 0.481 e. The molecule has 0 unspecified atom stereocenters. The van der Waals surface area contributed by atoms with Crippen molar-refractivity contribution in [3.8, 4) is 0 Å². The van der Waals surface area contributed by atoms with Gasteiger partial charge in [-0.25, -0.2) is 0 Å². The zero-order valence-corrected chi connectivity index (χ0v) is 26.5. The second-order valence-electron chi connectivity index (χ2n) is 6.40. The molecule has 166 valence electrons. The molecule has 0 heterocycles. The van der Waals surface area contributed by atoms with Gasteiger partial charge in [0.15, 0.2) is 0 Å². The van der Waals surface area contributed by atoms with Crippen LogP contribution in [0.1, 0.15) is 25.0 Å². The topological polar surface area (TPSA) is 84.2 Å². The second-order valence-corrected chi connectivity index (χ2v) is 6.40. The summed E-state index contributed by atoms with van der Waals surface area (Å²) < 4.78 is 0. The first-order valence-electron chi connectivity index (χ1n) is 8.80. The number of hydrogen-bond acceptors (Lipinski definition) is 5. The van der Waals surface area contributed by atoms with Crippen molar-refractivity contribution in [3.05, 3.63) is 71.8 Å². The molecule has 8 heteroatoms. The molecule has 0 amide bonds. The fraction of sp³-hybridized carbons (Fsp3) is 0.409. The third-order valence-corrected chi connectivity index (χ3v) is 2.52. The Morgan fingerprint density at radius 3 is 1.33 bits per heavy atom. The van der Waals surface area contributed by atoms with Crippen LogP contribution in [-0.4, -0.2) is 65.6 Å². The first kappa shape index (κ1) is 36.7. The maximum atomic E-state index is 9.00. The van der Waals surface area contributed by atoms with E-state index in [2.05, 4.69) is 62.3 Å². The number of aliphatic hydroxyl groups excluding tert-OH is 1. The van der Waals surface area contributed by atoms with Crippen LogP contribution in [0.25, 0.3) is 0 Å². The molecule has 0 saturated carbocycles. The summed E-state index contributed by atoms with van der Waals surface area (Å²) in [6.45, 7) is 4.31. The third-order valence-electron chi connectivity index (χ3n) is 2.52. The van der Waals surface area contributed by atoms with Gasteiger partial charge in [-0.3, -0.25) is 4.79 Å². The summed E-state index contributed by atoms with van der Waals surface area (Å²) in [6, 6.07) is 22.4. The van der Waals surface area contributed by atoms with E-state index in [1.54, 1.807) is 0 Å². The maximum Gasteiger partial charge on any atom is 4.00 e. The van der Waals surface area contributed by atoms with Gasteiger partial charge < -0.3 is 25.1 Å². The Kier molecular flexibility index (Phi) is 30.2. The molecular weight excluding hydrogens is 752 g/mol. The molecule has 0 fully saturated rings. The van der Waals surface area contributed by atoms with Gasteiger partial charge in [0.1, 0.15) is 6.29 Å². The van der Waals surface area contributed by atoms with Crippen LogP contribution in [0, 0.1) is 12.1 Å². The quantitative estimate of drug-likeness (QED) is 0.252.